The van der Waals surface area contributed by atoms with Crippen molar-refractivity contribution < 1.29 is 5.11 Å². The number of rotatable bonds is 2. The van der Waals surface area contributed by atoms with Gasteiger partial charge in [-0.1, -0.05) is 46.9 Å². The molecule has 0 bridgehead atoms. The molecular formula is C15H11Cl3N2O. The molecule has 0 fully saturated rings. The van der Waals surface area contributed by atoms with Crippen molar-refractivity contribution in [1.29, 1.82) is 0 Å². The molecule has 21 heavy (non-hydrogen) atoms. The summed E-state index contributed by atoms with van der Waals surface area (Å²) in [6.07, 6.45) is 0.766. The molecule has 1 heterocycles. The van der Waals surface area contributed by atoms with E-state index in [0.29, 0.717) is 20.8 Å². The van der Waals surface area contributed by atoms with Crippen LogP contribution in [-0.4, -0.2) is 17.4 Å². The van der Waals surface area contributed by atoms with Gasteiger partial charge in [0.25, 0.3) is 0 Å². The predicted molar refractivity (Wildman–Crippen MR) is 87.6 cm³/mol. The minimum Gasteiger partial charge on any atom is -0.385 e. The molecule has 0 saturated heterocycles. The summed E-state index contributed by atoms with van der Waals surface area (Å²) in [6.45, 7) is 0. The smallest absolute Gasteiger partial charge is 0.117 e. The van der Waals surface area contributed by atoms with Crippen molar-refractivity contribution in [3.63, 3.8) is 0 Å². The van der Waals surface area contributed by atoms with Gasteiger partial charge in [-0.15, -0.1) is 0 Å². The van der Waals surface area contributed by atoms with E-state index < -0.39 is 6.10 Å². The largest absolute Gasteiger partial charge is 0.385 e. The Labute approximate surface area is 137 Å². The number of aliphatic hydroxyl groups excluding tert-OH is 1. The van der Waals surface area contributed by atoms with Gasteiger partial charge in [-0.25, -0.2) is 0 Å². The van der Waals surface area contributed by atoms with Gasteiger partial charge in [0.05, 0.1) is 16.9 Å². The molecule has 1 aliphatic heterocycles. The van der Waals surface area contributed by atoms with Gasteiger partial charge in [0.1, 0.15) is 12.1 Å². The van der Waals surface area contributed by atoms with Crippen LogP contribution in [0.15, 0.2) is 47.6 Å². The predicted octanol–water partition coefficient (Wildman–Crippen LogP) is 4.55. The third-order valence-electron chi connectivity index (χ3n) is 3.30. The van der Waals surface area contributed by atoms with Crippen molar-refractivity contribution in [2.75, 3.05) is 5.01 Å². The van der Waals surface area contributed by atoms with Crippen molar-refractivity contribution in [3.05, 3.63) is 63.1 Å². The van der Waals surface area contributed by atoms with E-state index in [9.17, 15) is 5.11 Å². The number of halogens is 3. The summed E-state index contributed by atoms with van der Waals surface area (Å²) in [5.41, 5.74) is 1.59. The molecule has 1 aliphatic rings. The van der Waals surface area contributed by atoms with Crippen molar-refractivity contribution in [1.82, 2.24) is 0 Å². The van der Waals surface area contributed by atoms with Crippen molar-refractivity contribution in [3.8, 4) is 0 Å². The number of hydrazone groups is 1. The van der Waals surface area contributed by atoms with Crippen LogP contribution in [0.4, 0.5) is 5.69 Å². The third kappa shape index (κ3) is 2.87. The molecule has 2 aromatic rings. The van der Waals surface area contributed by atoms with Gasteiger partial charge in [-0.2, -0.15) is 5.10 Å². The molecule has 2 atom stereocenters. The number of anilines is 1. The van der Waals surface area contributed by atoms with E-state index >= 15 is 0 Å². The first kappa shape index (κ1) is 14.7. The number of hydrogen-bond acceptors (Lipinski definition) is 3. The van der Waals surface area contributed by atoms with Crippen molar-refractivity contribution in [2.45, 2.75) is 12.1 Å². The zero-order chi connectivity index (χ0) is 15.0. The lowest BCUT2D eigenvalue weighted by Gasteiger charge is -2.27. The zero-order valence-corrected chi connectivity index (χ0v) is 13.0. The molecule has 6 heteroatoms. The van der Waals surface area contributed by atoms with Crippen molar-refractivity contribution in [2.24, 2.45) is 5.10 Å². The lowest BCUT2D eigenvalue weighted by Crippen LogP contribution is -2.27. The van der Waals surface area contributed by atoms with Crippen LogP contribution in [-0.2, 0) is 0 Å². The highest BCUT2D eigenvalue weighted by Crippen LogP contribution is 2.38. The van der Waals surface area contributed by atoms with Crippen LogP contribution in [0.3, 0.4) is 0 Å². The number of aliphatic hydroxyl groups is 1. The first-order valence-electron chi connectivity index (χ1n) is 6.28. The highest BCUT2D eigenvalue weighted by molar-refractivity contribution is 6.36. The van der Waals surface area contributed by atoms with Crippen LogP contribution < -0.4 is 5.01 Å². The summed E-state index contributed by atoms with van der Waals surface area (Å²) in [5.74, 6) is 0. The molecule has 0 spiro atoms. The lowest BCUT2D eigenvalue weighted by molar-refractivity contribution is 0.221. The maximum atomic E-state index is 10.2. The summed E-state index contributed by atoms with van der Waals surface area (Å²) >= 11 is 18.1. The minimum absolute atomic E-state index is 0.346. The lowest BCUT2D eigenvalue weighted by atomic mass is 10.0. The highest BCUT2D eigenvalue weighted by Gasteiger charge is 2.33. The second kappa shape index (κ2) is 5.85. The molecule has 0 saturated carbocycles. The Morgan fingerprint density at radius 1 is 0.952 bits per heavy atom. The molecule has 0 radical (unpaired) electrons. The van der Waals surface area contributed by atoms with Gasteiger partial charge >= 0.3 is 0 Å². The van der Waals surface area contributed by atoms with Gasteiger partial charge < -0.3 is 5.11 Å². The Bertz CT molecular complexity index is 688. The highest BCUT2D eigenvalue weighted by atomic mass is 35.5. The molecular weight excluding hydrogens is 331 g/mol. The molecule has 3 rings (SSSR count). The van der Waals surface area contributed by atoms with Crippen molar-refractivity contribution >= 4 is 46.7 Å². The summed E-state index contributed by atoms with van der Waals surface area (Å²) in [5, 5.41) is 17.8. The molecule has 0 amide bonds. The Kier molecular flexibility index (Phi) is 4.09. The Morgan fingerprint density at radius 2 is 1.62 bits per heavy atom. The second-order valence-electron chi connectivity index (χ2n) is 4.69. The molecule has 3 nitrogen and oxygen atoms in total. The van der Waals surface area contributed by atoms with E-state index in [1.165, 1.54) is 6.21 Å². The van der Waals surface area contributed by atoms with E-state index in [-0.39, 0.29) is 6.04 Å². The summed E-state index contributed by atoms with van der Waals surface area (Å²) in [6, 6.07) is 12.1. The quantitative estimate of drug-likeness (QED) is 0.869. The SMILES string of the molecule is OC1C=NN(c2ccc(Cl)cc2Cl)C1c1ccc(Cl)cc1. The van der Waals surface area contributed by atoms with E-state index in [2.05, 4.69) is 5.10 Å². The fourth-order valence-corrected chi connectivity index (χ4v) is 2.94. The summed E-state index contributed by atoms with van der Waals surface area (Å²) in [7, 11) is 0. The third-order valence-corrected chi connectivity index (χ3v) is 4.09. The Morgan fingerprint density at radius 3 is 2.29 bits per heavy atom. The Balaban J connectivity index is 2.00. The molecule has 0 aliphatic carbocycles. The number of hydrogen-bond donors (Lipinski definition) is 1. The van der Waals surface area contributed by atoms with Gasteiger partial charge in [-0.3, -0.25) is 5.01 Å². The van der Waals surface area contributed by atoms with Gasteiger partial charge in [-0.05, 0) is 35.9 Å². The summed E-state index contributed by atoms with van der Waals surface area (Å²) < 4.78 is 0. The monoisotopic (exact) mass is 340 g/mol. The topological polar surface area (TPSA) is 35.8 Å². The minimum atomic E-state index is -0.724. The normalized spacial score (nSPS) is 21.0. The number of benzene rings is 2. The van der Waals surface area contributed by atoms with Crippen LogP contribution in [0.5, 0.6) is 0 Å². The van der Waals surface area contributed by atoms with E-state index in [0.717, 1.165) is 5.56 Å². The molecule has 2 unspecified atom stereocenters. The van der Waals surface area contributed by atoms with E-state index in [1.807, 2.05) is 12.1 Å². The van der Waals surface area contributed by atoms with Gasteiger partial charge in [0, 0.05) is 10.0 Å². The van der Waals surface area contributed by atoms with E-state index in [1.54, 1.807) is 35.3 Å². The average Bonchev–Trinajstić information content (AvgIpc) is 2.82. The molecule has 0 aromatic heterocycles. The van der Waals surface area contributed by atoms with Crippen LogP contribution in [0.2, 0.25) is 15.1 Å². The Hall–Kier alpha value is -1.26. The van der Waals surface area contributed by atoms with Crippen LogP contribution in [0, 0.1) is 0 Å². The first-order chi connectivity index (χ1) is 10.1. The molecule has 108 valence electrons. The van der Waals surface area contributed by atoms with Crippen LogP contribution in [0.25, 0.3) is 0 Å². The molecule has 2 aromatic carbocycles. The summed E-state index contributed by atoms with van der Waals surface area (Å²) in [4.78, 5) is 0. The standard InChI is InChI=1S/C15H11Cl3N2O/c16-10-3-1-9(2-4-10)15-14(21)8-19-20(15)13-6-5-11(17)7-12(13)18/h1-8,14-15,21H. The fourth-order valence-electron chi connectivity index (χ4n) is 2.32. The second-order valence-corrected chi connectivity index (χ2v) is 5.97. The molecule has 1 N–H and O–H groups in total. The van der Waals surface area contributed by atoms with Gasteiger partial charge in [0.15, 0.2) is 0 Å². The van der Waals surface area contributed by atoms with Crippen LogP contribution >= 0.6 is 34.8 Å². The van der Waals surface area contributed by atoms with E-state index in [4.69, 9.17) is 34.8 Å². The average molecular weight is 342 g/mol. The maximum Gasteiger partial charge on any atom is 0.117 e. The first-order valence-corrected chi connectivity index (χ1v) is 7.41. The zero-order valence-electron chi connectivity index (χ0n) is 10.7. The van der Waals surface area contributed by atoms with Crippen LogP contribution in [0.1, 0.15) is 11.6 Å². The maximum absolute atomic E-state index is 10.2. The van der Waals surface area contributed by atoms with Gasteiger partial charge in [0.2, 0.25) is 0 Å². The fraction of sp³-hybridized carbons (Fsp3) is 0.133. The number of nitrogens with zero attached hydrogens (tertiary/aromatic N) is 2.